The number of aromatic nitrogens is 3. The molecule has 1 amide bonds. The number of nitrogens with one attached hydrogen (secondary N) is 1. The lowest BCUT2D eigenvalue weighted by atomic mass is 10.1. The van der Waals surface area contributed by atoms with E-state index in [1.54, 1.807) is 13.1 Å². The molecule has 37 heavy (non-hydrogen) atoms. The van der Waals surface area contributed by atoms with Gasteiger partial charge in [0.2, 0.25) is 5.78 Å². The first-order chi connectivity index (χ1) is 17.3. The number of benzene rings is 1. The number of carbonyl (C=O) groups is 1. The van der Waals surface area contributed by atoms with E-state index < -0.39 is 33.8 Å². The highest BCUT2D eigenvalue weighted by molar-refractivity contribution is 7.90. The molecule has 0 aliphatic carbocycles. The second-order valence-corrected chi connectivity index (χ2v) is 10.3. The van der Waals surface area contributed by atoms with Gasteiger partial charge in [0.05, 0.1) is 35.2 Å². The Morgan fingerprint density at radius 3 is 2.54 bits per heavy atom. The van der Waals surface area contributed by atoms with E-state index in [0.717, 1.165) is 11.1 Å². The van der Waals surface area contributed by atoms with Gasteiger partial charge in [0.15, 0.2) is 0 Å². The summed E-state index contributed by atoms with van der Waals surface area (Å²) in [4.78, 5) is 21.6. The summed E-state index contributed by atoms with van der Waals surface area (Å²) in [6, 6.07) is 3.98. The molecular weight excluding hydrogens is 542 g/mol. The molecule has 10 nitrogen and oxygen atoms in total. The maximum absolute atomic E-state index is 14.8. The van der Waals surface area contributed by atoms with Crippen LogP contribution in [0.25, 0.3) is 5.78 Å². The number of alkyl halides is 3. The van der Waals surface area contributed by atoms with Crippen molar-refractivity contribution in [3.05, 3.63) is 57.9 Å². The van der Waals surface area contributed by atoms with E-state index >= 15 is 0 Å². The number of fused-ring (bicyclic) bond motifs is 1. The first-order valence-corrected chi connectivity index (χ1v) is 12.7. The molecular formula is C21H20ClF4N7O3S. The molecule has 2 aromatic heterocycles. The van der Waals surface area contributed by atoms with E-state index in [0.29, 0.717) is 40.5 Å². The molecule has 0 saturated heterocycles. The van der Waals surface area contributed by atoms with E-state index in [9.17, 15) is 30.8 Å². The number of aryl methyl sites for hydroxylation is 2. The van der Waals surface area contributed by atoms with Gasteiger partial charge in [-0.3, -0.25) is 14.2 Å². The third-order valence-corrected chi connectivity index (χ3v) is 7.42. The van der Waals surface area contributed by atoms with E-state index in [2.05, 4.69) is 20.4 Å². The van der Waals surface area contributed by atoms with Gasteiger partial charge >= 0.3 is 15.5 Å². The minimum atomic E-state index is -5.57. The number of rotatable bonds is 6. The molecule has 1 aliphatic rings. The summed E-state index contributed by atoms with van der Waals surface area (Å²) in [5.41, 5.74) is -3.81. The fourth-order valence-electron chi connectivity index (χ4n) is 3.63. The zero-order chi connectivity index (χ0) is 27.1. The molecule has 0 spiro atoms. The van der Waals surface area contributed by atoms with Crippen LogP contribution in [0.3, 0.4) is 0 Å². The second-order valence-electron chi connectivity index (χ2n) is 7.99. The monoisotopic (exact) mass is 561 g/mol. The van der Waals surface area contributed by atoms with Gasteiger partial charge in [-0.1, -0.05) is 24.6 Å². The van der Waals surface area contributed by atoms with Gasteiger partial charge in [-0.15, -0.1) is 0 Å². The Bertz CT molecular complexity index is 1510. The predicted molar refractivity (Wildman–Crippen MR) is 127 cm³/mol. The third-order valence-electron chi connectivity index (χ3n) is 5.57. The predicted octanol–water partition coefficient (Wildman–Crippen LogP) is 3.24. The van der Waals surface area contributed by atoms with Crippen molar-refractivity contribution in [2.24, 2.45) is 5.10 Å². The SMILES string of the molecule is CCc1nc2nc(C)c(Cl)cn2c1C(=O)NCc1ccc(N2CCN(S(=O)(=O)C(F)(F)F)C=N2)c(F)c1. The zero-order valence-electron chi connectivity index (χ0n) is 19.4. The number of imidazole rings is 1. The molecule has 3 heterocycles. The molecule has 1 aliphatic heterocycles. The van der Waals surface area contributed by atoms with Gasteiger partial charge in [-0.05, 0) is 31.0 Å². The fourth-order valence-corrected chi connectivity index (χ4v) is 4.52. The van der Waals surface area contributed by atoms with Crippen LogP contribution in [0, 0.1) is 12.7 Å². The molecule has 0 unspecified atom stereocenters. The minimum absolute atomic E-state index is 0.0414. The first kappa shape index (κ1) is 26.6. The lowest BCUT2D eigenvalue weighted by Crippen LogP contribution is -2.46. The van der Waals surface area contributed by atoms with Gasteiger partial charge < -0.3 is 5.32 Å². The summed E-state index contributed by atoms with van der Waals surface area (Å²) in [6.45, 7) is 2.64. The summed E-state index contributed by atoms with van der Waals surface area (Å²) < 4.78 is 77.4. The average molecular weight is 562 g/mol. The fraction of sp³-hybridized carbons (Fsp3) is 0.333. The van der Waals surface area contributed by atoms with Crippen LogP contribution >= 0.6 is 11.6 Å². The number of sulfonamides is 1. The van der Waals surface area contributed by atoms with Crippen LogP contribution in [0.1, 0.15) is 34.4 Å². The number of amides is 1. The summed E-state index contributed by atoms with van der Waals surface area (Å²) in [6.07, 6.45) is 2.50. The molecule has 3 aromatic rings. The van der Waals surface area contributed by atoms with E-state index in [1.165, 1.54) is 16.5 Å². The van der Waals surface area contributed by atoms with Crippen LogP contribution in [0.15, 0.2) is 29.5 Å². The first-order valence-electron chi connectivity index (χ1n) is 10.8. The number of hydrazone groups is 1. The van der Waals surface area contributed by atoms with Crippen LogP contribution < -0.4 is 10.3 Å². The van der Waals surface area contributed by atoms with Crippen LogP contribution in [-0.4, -0.2) is 57.9 Å². The maximum atomic E-state index is 14.8. The Morgan fingerprint density at radius 1 is 1.22 bits per heavy atom. The number of nitrogens with zero attached hydrogens (tertiary/aromatic N) is 6. The second kappa shape index (κ2) is 9.78. The van der Waals surface area contributed by atoms with Crippen LogP contribution in [-0.2, 0) is 23.0 Å². The smallest absolute Gasteiger partial charge is 0.347 e. The van der Waals surface area contributed by atoms with Gasteiger partial charge in [-0.25, -0.2) is 18.7 Å². The summed E-state index contributed by atoms with van der Waals surface area (Å²) >= 11 is 6.16. The molecule has 1 aromatic carbocycles. The van der Waals surface area contributed by atoms with Crippen molar-refractivity contribution in [3.8, 4) is 0 Å². The maximum Gasteiger partial charge on any atom is 0.516 e. The standard InChI is InChI=1S/C21H20ClF4N7O3S/c1-3-16-18(32-10-14(22)12(2)29-20(32)30-16)19(34)27-9-13-4-5-17(15(23)8-13)33-7-6-31(11-28-33)37(35,36)21(24,25)26/h4-5,8,10-11H,3,6-7,9H2,1-2H3,(H,27,34). The summed E-state index contributed by atoms with van der Waals surface area (Å²) in [5.74, 6) is -0.906. The zero-order valence-corrected chi connectivity index (χ0v) is 21.0. The molecule has 0 saturated carbocycles. The van der Waals surface area contributed by atoms with Gasteiger partial charge in [0.25, 0.3) is 5.91 Å². The van der Waals surface area contributed by atoms with E-state index in [4.69, 9.17) is 11.6 Å². The highest BCUT2D eigenvalue weighted by Crippen LogP contribution is 2.28. The Balaban J connectivity index is 1.48. The summed E-state index contributed by atoms with van der Waals surface area (Å²) in [5, 5.41) is 7.75. The molecule has 0 fully saturated rings. The Kier molecular flexibility index (Phi) is 7.03. The number of hydrogen-bond donors (Lipinski definition) is 1. The molecule has 198 valence electrons. The highest BCUT2D eigenvalue weighted by atomic mass is 35.5. The normalized spacial score (nSPS) is 14.5. The largest absolute Gasteiger partial charge is 0.516 e. The van der Waals surface area contributed by atoms with Crippen molar-refractivity contribution in [2.75, 3.05) is 18.1 Å². The Labute approximate surface area is 213 Å². The van der Waals surface area contributed by atoms with Crippen LogP contribution in [0.4, 0.5) is 23.2 Å². The van der Waals surface area contributed by atoms with Crippen molar-refractivity contribution in [2.45, 2.75) is 32.3 Å². The quantitative estimate of drug-likeness (QED) is 0.463. The average Bonchev–Trinajstić information content (AvgIpc) is 3.19. The molecule has 0 bridgehead atoms. The van der Waals surface area contributed by atoms with Crippen molar-refractivity contribution in [1.29, 1.82) is 0 Å². The third kappa shape index (κ3) is 5.05. The molecule has 16 heteroatoms. The lowest BCUT2D eigenvalue weighted by Gasteiger charge is -2.29. The van der Waals surface area contributed by atoms with Crippen LogP contribution in [0.5, 0.6) is 0 Å². The van der Waals surface area contributed by atoms with Crippen molar-refractivity contribution in [1.82, 2.24) is 24.0 Å². The number of hydrogen-bond acceptors (Lipinski definition) is 7. The number of anilines is 1. The molecule has 0 atom stereocenters. The molecule has 0 radical (unpaired) electrons. The van der Waals surface area contributed by atoms with Gasteiger partial charge in [0.1, 0.15) is 17.8 Å². The van der Waals surface area contributed by atoms with Gasteiger partial charge in [-0.2, -0.15) is 26.7 Å². The van der Waals surface area contributed by atoms with Crippen molar-refractivity contribution in [3.63, 3.8) is 0 Å². The topological polar surface area (TPSA) is 112 Å². The molecule has 1 N–H and O–H groups in total. The van der Waals surface area contributed by atoms with Gasteiger partial charge in [0, 0.05) is 12.7 Å². The number of carbonyl (C=O) groups excluding carboxylic acids is 1. The molecule has 4 rings (SSSR count). The van der Waals surface area contributed by atoms with Crippen molar-refractivity contribution < 1.29 is 30.8 Å². The van der Waals surface area contributed by atoms with E-state index in [1.807, 2.05) is 6.92 Å². The Morgan fingerprint density at radius 2 is 1.95 bits per heavy atom. The lowest BCUT2D eigenvalue weighted by molar-refractivity contribution is -0.0471. The minimum Gasteiger partial charge on any atom is -0.347 e. The highest BCUT2D eigenvalue weighted by Gasteiger charge is 2.50. The van der Waals surface area contributed by atoms with Crippen molar-refractivity contribution >= 4 is 45.3 Å². The number of halogens is 5. The van der Waals surface area contributed by atoms with Crippen LogP contribution in [0.2, 0.25) is 5.02 Å². The Hall–Kier alpha value is -3.46. The summed E-state index contributed by atoms with van der Waals surface area (Å²) in [7, 11) is -5.57. The van der Waals surface area contributed by atoms with E-state index in [-0.39, 0.29) is 28.8 Å².